The number of carbonyl (C=O) groups is 2. The molecule has 1 aliphatic carbocycles. The topological polar surface area (TPSA) is 66.7 Å². The van der Waals surface area contributed by atoms with Crippen molar-refractivity contribution in [2.24, 2.45) is 5.92 Å². The van der Waals surface area contributed by atoms with Gasteiger partial charge in [0.05, 0.1) is 32.9 Å². The van der Waals surface area contributed by atoms with Crippen molar-refractivity contribution in [3.05, 3.63) is 46.5 Å². The monoisotopic (exact) mass is 401 g/mol. The molecule has 0 unspecified atom stereocenters. The van der Waals surface area contributed by atoms with Gasteiger partial charge < -0.3 is 15.1 Å². The second-order valence-corrected chi connectivity index (χ2v) is 8.99. The van der Waals surface area contributed by atoms with E-state index in [0.29, 0.717) is 11.7 Å². The SMILES string of the molecule is Cc1nc(NC(=O)CN(CC[NH+](C)C)C(=O)[C@H]2C[C@H]2c2ccccc2)sc1C. The zero-order chi connectivity index (χ0) is 20.3. The van der Waals surface area contributed by atoms with Crippen LogP contribution in [0.5, 0.6) is 0 Å². The second-order valence-electron chi connectivity index (χ2n) is 7.79. The summed E-state index contributed by atoms with van der Waals surface area (Å²) < 4.78 is 0. The van der Waals surface area contributed by atoms with Gasteiger partial charge in [-0.1, -0.05) is 30.3 Å². The molecule has 2 atom stereocenters. The maximum absolute atomic E-state index is 13.1. The van der Waals surface area contributed by atoms with Gasteiger partial charge in [-0.3, -0.25) is 9.59 Å². The Hall–Kier alpha value is -2.25. The van der Waals surface area contributed by atoms with E-state index in [4.69, 9.17) is 0 Å². The molecule has 6 nitrogen and oxygen atoms in total. The molecule has 2 aromatic rings. The molecule has 1 aliphatic rings. The van der Waals surface area contributed by atoms with Crippen molar-refractivity contribution in [2.75, 3.05) is 39.0 Å². The van der Waals surface area contributed by atoms with Crippen LogP contribution in [0.3, 0.4) is 0 Å². The summed E-state index contributed by atoms with van der Waals surface area (Å²) in [4.78, 5) is 34.0. The number of aromatic nitrogens is 1. The minimum absolute atomic E-state index is 0.0169. The maximum Gasteiger partial charge on any atom is 0.245 e. The molecule has 2 N–H and O–H groups in total. The van der Waals surface area contributed by atoms with Gasteiger partial charge >= 0.3 is 0 Å². The Morgan fingerprint density at radius 1 is 1.25 bits per heavy atom. The van der Waals surface area contributed by atoms with E-state index >= 15 is 0 Å². The smallest absolute Gasteiger partial charge is 0.245 e. The molecule has 1 aromatic heterocycles. The van der Waals surface area contributed by atoms with Crippen LogP contribution in [-0.4, -0.2) is 55.4 Å². The average molecular weight is 402 g/mol. The fraction of sp³-hybridized carbons (Fsp3) is 0.476. The molecule has 0 bridgehead atoms. The van der Waals surface area contributed by atoms with Crippen molar-refractivity contribution in [3.8, 4) is 0 Å². The Morgan fingerprint density at radius 3 is 2.57 bits per heavy atom. The Morgan fingerprint density at radius 2 is 1.96 bits per heavy atom. The third-order valence-electron chi connectivity index (χ3n) is 5.14. The number of nitrogens with zero attached hydrogens (tertiary/aromatic N) is 2. The molecule has 28 heavy (non-hydrogen) atoms. The van der Waals surface area contributed by atoms with Gasteiger partial charge in [0.15, 0.2) is 5.13 Å². The number of carbonyl (C=O) groups excluding carboxylic acids is 2. The third kappa shape index (κ3) is 5.17. The van der Waals surface area contributed by atoms with Crippen LogP contribution in [0.15, 0.2) is 30.3 Å². The first kappa shape index (κ1) is 20.5. The number of aryl methyl sites for hydroxylation is 2. The molecule has 2 amide bonds. The van der Waals surface area contributed by atoms with E-state index in [1.165, 1.54) is 21.8 Å². The number of benzene rings is 1. The average Bonchev–Trinajstić information content (AvgIpc) is 3.39. The summed E-state index contributed by atoms with van der Waals surface area (Å²) in [5, 5.41) is 3.44. The fourth-order valence-corrected chi connectivity index (χ4v) is 4.09. The van der Waals surface area contributed by atoms with E-state index in [2.05, 4.69) is 22.4 Å². The summed E-state index contributed by atoms with van der Waals surface area (Å²) in [6.07, 6.45) is 0.862. The van der Waals surface area contributed by atoms with Gasteiger partial charge in [-0.2, -0.15) is 0 Å². The fourth-order valence-electron chi connectivity index (χ4n) is 3.26. The van der Waals surface area contributed by atoms with Gasteiger partial charge in [-0.25, -0.2) is 4.98 Å². The lowest BCUT2D eigenvalue weighted by atomic mass is 10.1. The predicted molar refractivity (Wildman–Crippen MR) is 112 cm³/mol. The Balaban J connectivity index is 1.63. The summed E-state index contributed by atoms with van der Waals surface area (Å²) in [6, 6.07) is 10.2. The molecule has 0 aliphatic heterocycles. The number of hydrogen-bond acceptors (Lipinski definition) is 4. The van der Waals surface area contributed by atoms with Crippen LogP contribution in [0.2, 0.25) is 0 Å². The summed E-state index contributed by atoms with van der Waals surface area (Å²) in [5.74, 6) is 0.150. The first-order chi connectivity index (χ1) is 13.3. The molecule has 1 aromatic carbocycles. The minimum Gasteiger partial charge on any atom is -0.338 e. The van der Waals surface area contributed by atoms with Crippen LogP contribution >= 0.6 is 11.3 Å². The summed E-state index contributed by atoms with van der Waals surface area (Å²) in [5.41, 5.74) is 2.13. The van der Waals surface area contributed by atoms with Gasteiger partial charge in [-0.05, 0) is 31.7 Å². The van der Waals surface area contributed by atoms with Crippen LogP contribution in [0.25, 0.3) is 0 Å². The maximum atomic E-state index is 13.1. The lowest BCUT2D eigenvalue weighted by Crippen LogP contribution is -3.06. The number of thiazole rings is 1. The molecule has 0 spiro atoms. The number of nitrogens with one attached hydrogen (secondary N) is 2. The lowest BCUT2D eigenvalue weighted by molar-refractivity contribution is -0.857. The van der Waals surface area contributed by atoms with Crippen LogP contribution in [-0.2, 0) is 9.59 Å². The quantitative estimate of drug-likeness (QED) is 0.704. The number of anilines is 1. The number of amides is 2. The molecule has 0 saturated heterocycles. The van der Waals surface area contributed by atoms with Gasteiger partial charge in [0.2, 0.25) is 11.8 Å². The van der Waals surface area contributed by atoms with Crippen molar-refractivity contribution >= 4 is 28.3 Å². The van der Waals surface area contributed by atoms with Gasteiger partial charge in [0.1, 0.15) is 6.54 Å². The third-order valence-corrected chi connectivity index (χ3v) is 6.13. The van der Waals surface area contributed by atoms with Crippen LogP contribution < -0.4 is 10.2 Å². The van der Waals surface area contributed by atoms with E-state index in [-0.39, 0.29) is 30.2 Å². The lowest BCUT2D eigenvalue weighted by Gasteiger charge is -2.23. The van der Waals surface area contributed by atoms with Crippen LogP contribution in [0, 0.1) is 19.8 Å². The molecule has 3 rings (SSSR count). The molecule has 0 radical (unpaired) electrons. The summed E-state index contributed by atoms with van der Waals surface area (Å²) >= 11 is 1.46. The highest BCUT2D eigenvalue weighted by atomic mass is 32.1. The highest BCUT2D eigenvalue weighted by molar-refractivity contribution is 7.15. The summed E-state index contributed by atoms with van der Waals surface area (Å²) in [7, 11) is 4.10. The van der Waals surface area contributed by atoms with Gasteiger partial charge in [-0.15, -0.1) is 11.3 Å². The number of hydrogen-bond donors (Lipinski definition) is 2. The number of likely N-dealkylation sites (N-methyl/N-ethyl adjacent to an activating group) is 1. The van der Waals surface area contributed by atoms with Crippen molar-refractivity contribution < 1.29 is 14.5 Å². The molecule has 1 heterocycles. The molecule has 1 saturated carbocycles. The highest BCUT2D eigenvalue weighted by Gasteiger charge is 2.46. The largest absolute Gasteiger partial charge is 0.338 e. The highest BCUT2D eigenvalue weighted by Crippen LogP contribution is 2.48. The van der Waals surface area contributed by atoms with E-state index in [9.17, 15) is 9.59 Å². The molecule has 150 valence electrons. The zero-order valence-corrected chi connectivity index (χ0v) is 17.8. The van der Waals surface area contributed by atoms with E-state index in [0.717, 1.165) is 23.5 Å². The Labute approximate surface area is 170 Å². The first-order valence-corrected chi connectivity index (χ1v) is 10.5. The van der Waals surface area contributed by atoms with Crippen molar-refractivity contribution in [1.82, 2.24) is 9.88 Å². The molecular formula is C21H29N4O2S+. The molecule has 1 fully saturated rings. The Bertz CT molecular complexity index is 815. The van der Waals surface area contributed by atoms with E-state index < -0.39 is 0 Å². The standard InChI is InChI=1S/C21H28N4O2S/c1-14-15(2)28-21(22-14)23-19(26)13-25(11-10-24(3)4)20(27)18-12-17(18)16-8-6-5-7-9-16/h5-9,17-18H,10-13H2,1-4H3,(H,22,23,26)/p+1/t17-,18-/m0/s1. The van der Waals surface area contributed by atoms with Crippen LogP contribution in [0.4, 0.5) is 5.13 Å². The summed E-state index contributed by atoms with van der Waals surface area (Å²) in [6.45, 7) is 5.35. The molecule has 7 heteroatoms. The van der Waals surface area contributed by atoms with Crippen molar-refractivity contribution in [3.63, 3.8) is 0 Å². The Kier molecular flexibility index (Phi) is 6.46. The van der Waals surface area contributed by atoms with Gasteiger partial charge in [0, 0.05) is 10.8 Å². The molecular weight excluding hydrogens is 372 g/mol. The van der Waals surface area contributed by atoms with E-state index in [1.807, 2.05) is 46.1 Å². The number of quaternary nitrogens is 1. The van der Waals surface area contributed by atoms with Crippen LogP contribution in [0.1, 0.15) is 28.5 Å². The van der Waals surface area contributed by atoms with Gasteiger partial charge in [0.25, 0.3) is 0 Å². The van der Waals surface area contributed by atoms with E-state index in [1.54, 1.807) is 4.90 Å². The minimum atomic E-state index is -0.187. The van der Waals surface area contributed by atoms with Crippen molar-refractivity contribution in [2.45, 2.75) is 26.2 Å². The zero-order valence-electron chi connectivity index (χ0n) is 17.0. The first-order valence-electron chi connectivity index (χ1n) is 9.71. The predicted octanol–water partition coefficient (Wildman–Crippen LogP) is 1.48. The number of rotatable bonds is 8. The second kappa shape index (κ2) is 8.84. The normalized spacial score (nSPS) is 18.2. The van der Waals surface area contributed by atoms with Crippen molar-refractivity contribution in [1.29, 1.82) is 0 Å².